The largest absolute Gasteiger partial charge is 0.371 e. The van der Waals surface area contributed by atoms with Gasteiger partial charge >= 0.3 is 0 Å². The minimum atomic E-state index is 0.0113. The number of nitrogens with zero attached hydrogens (tertiary/aromatic N) is 6. The van der Waals surface area contributed by atoms with Crippen molar-refractivity contribution in [3.05, 3.63) is 42.0 Å². The minimum absolute atomic E-state index is 0.0113. The highest BCUT2D eigenvalue weighted by Crippen LogP contribution is 2.23. The van der Waals surface area contributed by atoms with Gasteiger partial charge in [-0.25, -0.2) is 4.98 Å². The van der Waals surface area contributed by atoms with Crippen molar-refractivity contribution in [2.75, 3.05) is 25.0 Å². The standard InChI is InChI=1S/C17H20N6O/c1-21-12-13(11-20-21)17(24)22(2)15-4-7-23(8-5-15)16-3-6-19-14(9-16)10-18/h3,6,9,11-12,15H,4-5,7-8H2,1-2H3. The highest BCUT2D eigenvalue weighted by atomic mass is 16.2. The van der Waals surface area contributed by atoms with E-state index in [0.717, 1.165) is 31.6 Å². The zero-order chi connectivity index (χ0) is 17.1. The molecule has 2 aromatic heterocycles. The molecule has 3 rings (SSSR count). The molecule has 2 aromatic rings. The summed E-state index contributed by atoms with van der Waals surface area (Å²) < 4.78 is 1.64. The van der Waals surface area contributed by atoms with Crippen LogP contribution in [0.1, 0.15) is 28.9 Å². The van der Waals surface area contributed by atoms with E-state index in [1.54, 1.807) is 30.3 Å². The van der Waals surface area contributed by atoms with Gasteiger partial charge in [0, 0.05) is 51.3 Å². The molecule has 7 nitrogen and oxygen atoms in total. The average molecular weight is 324 g/mol. The highest BCUT2D eigenvalue weighted by Gasteiger charge is 2.26. The van der Waals surface area contributed by atoms with Crippen LogP contribution in [0, 0.1) is 11.3 Å². The molecule has 0 atom stereocenters. The van der Waals surface area contributed by atoms with E-state index in [9.17, 15) is 4.79 Å². The van der Waals surface area contributed by atoms with Crippen LogP contribution < -0.4 is 4.90 Å². The van der Waals surface area contributed by atoms with Gasteiger partial charge in [0.1, 0.15) is 11.8 Å². The predicted octanol–water partition coefficient (Wildman–Crippen LogP) is 1.43. The Morgan fingerprint density at radius 3 is 2.79 bits per heavy atom. The summed E-state index contributed by atoms with van der Waals surface area (Å²) in [7, 11) is 3.66. The Labute approximate surface area is 141 Å². The van der Waals surface area contributed by atoms with Crippen molar-refractivity contribution in [1.29, 1.82) is 5.26 Å². The third-order valence-corrected chi connectivity index (χ3v) is 4.51. The van der Waals surface area contributed by atoms with Gasteiger partial charge in [0.15, 0.2) is 0 Å². The fourth-order valence-corrected chi connectivity index (χ4v) is 3.09. The number of carbonyl (C=O) groups is 1. The van der Waals surface area contributed by atoms with Gasteiger partial charge in [-0.05, 0) is 25.0 Å². The van der Waals surface area contributed by atoms with Crippen molar-refractivity contribution in [2.24, 2.45) is 7.05 Å². The molecule has 1 fully saturated rings. The van der Waals surface area contributed by atoms with Gasteiger partial charge in [-0.1, -0.05) is 0 Å². The maximum atomic E-state index is 12.5. The molecule has 3 heterocycles. The lowest BCUT2D eigenvalue weighted by Gasteiger charge is -2.37. The van der Waals surface area contributed by atoms with Gasteiger partial charge in [0.05, 0.1) is 11.8 Å². The third kappa shape index (κ3) is 3.23. The van der Waals surface area contributed by atoms with Gasteiger partial charge in [0.2, 0.25) is 0 Å². The van der Waals surface area contributed by atoms with Crippen molar-refractivity contribution in [3.8, 4) is 6.07 Å². The number of aromatic nitrogens is 3. The molecule has 0 bridgehead atoms. The fourth-order valence-electron chi connectivity index (χ4n) is 3.09. The van der Waals surface area contributed by atoms with Crippen molar-refractivity contribution in [2.45, 2.75) is 18.9 Å². The summed E-state index contributed by atoms with van der Waals surface area (Å²) in [6.07, 6.45) is 6.81. The predicted molar refractivity (Wildman–Crippen MR) is 89.5 cm³/mol. The third-order valence-electron chi connectivity index (χ3n) is 4.51. The minimum Gasteiger partial charge on any atom is -0.371 e. The van der Waals surface area contributed by atoms with Gasteiger partial charge < -0.3 is 9.80 Å². The Bertz CT molecular complexity index is 769. The lowest BCUT2D eigenvalue weighted by atomic mass is 10.0. The van der Waals surface area contributed by atoms with Crippen LogP contribution in [0.5, 0.6) is 0 Å². The van der Waals surface area contributed by atoms with E-state index in [0.29, 0.717) is 11.3 Å². The summed E-state index contributed by atoms with van der Waals surface area (Å²) in [4.78, 5) is 20.6. The first-order valence-corrected chi connectivity index (χ1v) is 7.95. The topological polar surface area (TPSA) is 78.1 Å². The van der Waals surface area contributed by atoms with Gasteiger partial charge in [-0.15, -0.1) is 0 Å². The van der Waals surface area contributed by atoms with Crippen LogP contribution in [-0.2, 0) is 7.05 Å². The Kier molecular flexibility index (Phi) is 4.47. The van der Waals surface area contributed by atoms with Gasteiger partial charge in [-0.3, -0.25) is 9.48 Å². The molecule has 1 aliphatic rings. The first kappa shape index (κ1) is 16.0. The van der Waals surface area contributed by atoms with E-state index in [2.05, 4.69) is 21.1 Å². The highest BCUT2D eigenvalue weighted by molar-refractivity contribution is 5.93. The maximum absolute atomic E-state index is 12.5. The molecule has 7 heteroatoms. The second-order valence-corrected chi connectivity index (χ2v) is 6.05. The number of carbonyl (C=O) groups excluding carboxylic acids is 1. The molecule has 0 unspecified atom stereocenters. The normalized spacial score (nSPS) is 15.1. The molecular formula is C17H20N6O. The van der Waals surface area contributed by atoms with Crippen LogP contribution in [0.15, 0.2) is 30.7 Å². The zero-order valence-corrected chi connectivity index (χ0v) is 13.9. The number of hydrogen-bond donors (Lipinski definition) is 0. The summed E-state index contributed by atoms with van der Waals surface area (Å²) in [5.41, 5.74) is 2.06. The van der Waals surface area contributed by atoms with Crippen molar-refractivity contribution in [3.63, 3.8) is 0 Å². The number of pyridine rings is 1. The molecule has 1 aliphatic heterocycles. The van der Waals surface area contributed by atoms with E-state index in [-0.39, 0.29) is 11.9 Å². The van der Waals surface area contributed by atoms with E-state index < -0.39 is 0 Å². The second kappa shape index (κ2) is 6.71. The van der Waals surface area contributed by atoms with Crippen molar-refractivity contribution in [1.82, 2.24) is 19.7 Å². The number of piperidine rings is 1. The van der Waals surface area contributed by atoms with Crippen molar-refractivity contribution >= 4 is 11.6 Å². The Morgan fingerprint density at radius 1 is 1.42 bits per heavy atom. The number of amides is 1. The van der Waals surface area contributed by atoms with Crippen LogP contribution >= 0.6 is 0 Å². The molecule has 0 N–H and O–H groups in total. The van der Waals surface area contributed by atoms with E-state index in [1.165, 1.54) is 0 Å². The molecule has 0 spiro atoms. The molecule has 1 amide bonds. The summed E-state index contributed by atoms with van der Waals surface area (Å²) in [6.45, 7) is 1.70. The van der Waals surface area contributed by atoms with Crippen LogP contribution in [0.25, 0.3) is 0 Å². The van der Waals surface area contributed by atoms with Crippen LogP contribution in [0.4, 0.5) is 5.69 Å². The Hall–Kier alpha value is -2.88. The van der Waals surface area contributed by atoms with E-state index in [1.807, 2.05) is 24.1 Å². The number of anilines is 1. The van der Waals surface area contributed by atoms with E-state index >= 15 is 0 Å². The van der Waals surface area contributed by atoms with Crippen LogP contribution in [0.2, 0.25) is 0 Å². The number of hydrogen-bond acceptors (Lipinski definition) is 5. The monoisotopic (exact) mass is 324 g/mol. The number of rotatable bonds is 3. The lowest BCUT2D eigenvalue weighted by Crippen LogP contribution is -2.45. The first-order chi connectivity index (χ1) is 11.6. The summed E-state index contributed by atoms with van der Waals surface area (Å²) in [6, 6.07) is 6.02. The summed E-state index contributed by atoms with van der Waals surface area (Å²) >= 11 is 0. The lowest BCUT2D eigenvalue weighted by molar-refractivity contribution is 0.0709. The molecular weight excluding hydrogens is 304 g/mol. The van der Waals surface area contributed by atoms with Crippen LogP contribution in [-0.4, -0.2) is 51.8 Å². The smallest absolute Gasteiger partial charge is 0.257 e. The van der Waals surface area contributed by atoms with Crippen molar-refractivity contribution < 1.29 is 4.79 Å². The van der Waals surface area contributed by atoms with E-state index in [4.69, 9.17) is 5.26 Å². The summed E-state index contributed by atoms with van der Waals surface area (Å²) in [5, 5.41) is 13.0. The zero-order valence-electron chi connectivity index (χ0n) is 13.9. The van der Waals surface area contributed by atoms with Gasteiger partial charge in [-0.2, -0.15) is 10.4 Å². The SMILES string of the molecule is CN(C(=O)c1cnn(C)c1)C1CCN(c2ccnc(C#N)c2)CC1. The van der Waals surface area contributed by atoms with Crippen LogP contribution in [0.3, 0.4) is 0 Å². The van der Waals surface area contributed by atoms with Gasteiger partial charge in [0.25, 0.3) is 5.91 Å². The number of nitriles is 1. The average Bonchev–Trinajstić information content (AvgIpc) is 3.07. The second-order valence-electron chi connectivity index (χ2n) is 6.05. The fraction of sp³-hybridized carbons (Fsp3) is 0.412. The molecule has 0 aromatic carbocycles. The molecule has 0 saturated carbocycles. The molecule has 1 saturated heterocycles. The first-order valence-electron chi connectivity index (χ1n) is 7.95. The Balaban J connectivity index is 1.62. The maximum Gasteiger partial charge on any atom is 0.257 e. The number of aryl methyl sites for hydroxylation is 1. The molecule has 24 heavy (non-hydrogen) atoms. The molecule has 0 aliphatic carbocycles. The summed E-state index contributed by atoms with van der Waals surface area (Å²) in [5.74, 6) is 0.0113. The molecule has 124 valence electrons. The molecule has 0 radical (unpaired) electrons. The quantitative estimate of drug-likeness (QED) is 0.853. The Morgan fingerprint density at radius 2 is 2.17 bits per heavy atom.